The summed E-state index contributed by atoms with van der Waals surface area (Å²) in [5.74, 6) is 0.844. The molecule has 1 rings (SSSR count). The summed E-state index contributed by atoms with van der Waals surface area (Å²) in [4.78, 5) is 0. The van der Waals surface area contributed by atoms with Crippen LogP contribution in [0.4, 0.5) is 0 Å². The van der Waals surface area contributed by atoms with Crippen molar-refractivity contribution in [2.75, 3.05) is 0 Å². The minimum atomic E-state index is -0.144. The molecule has 0 aliphatic rings. The van der Waals surface area contributed by atoms with Gasteiger partial charge in [0, 0.05) is 4.47 Å². The van der Waals surface area contributed by atoms with Crippen molar-refractivity contribution < 1.29 is 4.74 Å². The van der Waals surface area contributed by atoms with Crippen LogP contribution in [0.5, 0.6) is 5.75 Å². The number of hydrogen-bond acceptors (Lipinski definition) is 1. The Morgan fingerprint density at radius 1 is 1.33 bits per heavy atom. The van der Waals surface area contributed by atoms with Crippen molar-refractivity contribution in [1.29, 1.82) is 0 Å². The summed E-state index contributed by atoms with van der Waals surface area (Å²) in [5.41, 5.74) is -0.144. The maximum Gasteiger partial charge on any atom is 0.121 e. The first kappa shape index (κ1) is 9.59. The van der Waals surface area contributed by atoms with Gasteiger partial charge in [-0.15, -0.1) is 0 Å². The van der Waals surface area contributed by atoms with Crippen LogP contribution in [0.2, 0.25) is 0 Å². The molecule has 0 amide bonds. The molecule has 1 nitrogen and oxygen atoms in total. The Labute approximate surface area is 81.9 Å². The molecule has 0 unspecified atom stereocenters. The van der Waals surface area contributed by atoms with Crippen LogP contribution in [0.1, 0.15) is 20.8 Å². The maximum absolute atomic E-state index is 5.62. The fraction of sp³-hybridized carbons (Fsp3) is 0.400. The van der Waals surface area contributed by atoms with Crippen LogP contribution < -0.4 is 4.74 Å². The standard InChI is InChI=1S/C10H12BrO/c1-10(2,3)12-9-6-4-5-8(11)7-9/h5-7H,1-3H3. The van der Waals surface area contributed by atoms with E-state index in [2.05, 4.69) is 22.0 Å². The van der Waals surface area contributed by atoms with Gasteiger partial charge in [-0.25, -0.2) is 0 Å². The maximum atomic E-state index is 5.62. The van der Waals surface area contributed by atoms with E-state index in [0.717, 1.165) is 10.2 Å². The van der Waals surface area contributed by atoms with Crippen molar-refractivity contribution in [3.8, 4) is 5.75 Å². The van der Waals surface area contributed by atoms with Crippen LogP contribution in [0, 0.1) is 6.07 Å². The lowest BCUT2D eigenvalue weighted by Gasteiger charge is -2.21. The Morgan fingerprint density at radius 2 is 2.00 bits per heavy atom. The average molecular weight is 228 g/mol. The fourth-order valence-electron chi connectivity index (χ4n) is 0.835. The lowest BCUT2D eigenvalue weighted by atomic mass is 10.2. The van der Waals surface area contributed by atoms with Crippen molar-refractivity contribution in [3.05, 3.63) is 28.7 Å². The second-order valence-corrected chi connectivity index (χ2v) is 4.52. The molecule has 0 N–H and O–H groups in total. The summed E-state index contributed by atoms with van der Waals surface area (Å²) < 4.78 is 6.61. The zero-order valence-electron chi connectivity index (χ0n) is 7.52. The SMILES string of the molecule is CC(C)(C)Oc1c[c]cc(Br)c1. The van der Waals surface area contributed by atoms with Crippen LogP contribution in [-0.4, -0.2) is 5.60 Å². The van der Waals surface area contributed by atoms with Crippen LogP contribution >= 0.6 is 15.9 Å². The third kappa shape index (κ3) is 3.26. The van der Waals surface area contributed by atoms with Gasteiger partial charge in [-0.3, -0.25) is 0 Å². The quantitative estimate of drug-likeness (QED) is 0.715. The molecule has 12 heavy (non-hydrogen) atoms. The van der Waals surface area contributed by atoms with Crippen molar-refractivity contribution in [2.24, 2.45) is 0 Å². The van der Waals surface area contributed by atoms with E-state index in [0.29, 0.717) is 0 Å². The van der Waals surface area contributed by atoms with Gasteiger partial charge in [0.1, 0.15) is 11.4 Å². The Morgan fingerprint density at radius 3 is 2.50 bits per heavy atom. The lowest BCUT2D eigenvalue weighted by Crippen LogP contribution is -2.22. The van der Waals surface area contributed by atoms with Crippen LogP contribution in [0.3, 0.4) is 0 Å². The molecule has 0 aliphatic heterocycles. The largest absolute Gasteiger partial charge is 0.488 e. The Bertz CT molecular complexity index is 263. The second kappa shape index (κ2) is 3.48. The summed E-state index contributed by atoms with van der Waals surface area (Å²) >= 11 is 3.36. The molecule has 1 aromatic carbocycles. The van der Waals surface area contributed by atoms with E-state index < -0.39 is 0 Å². The van der Waals surface area contributed by atoms with E-state index in [4.69, 9.17) is 4.74 Å². The van der Waals surface area contributed by atoms with Crippen molar-refractivity contribution in [1.82, 2.24) is 0 Å². The summed E-state index contributed by atoms with van der Waals surface area (Å²) in [6.07, 6.45) is 0. The molecule has 0 saturated carbocycles. The van der Waals surface area contributed by atoms with Crippen molar-refractivity contribution in [3.63, 3.8) is 0 Å². The molecule has 0 atom stereocenters. The Balaban J connectivity index is 2.77. The highest BCUT2D eigenvalue weighted by molar-refractivity contribution is 9.10. The van der Waals surface area contributed by atoms with Crippen molar-refractivity contribution in [2.45, 2.75) is 26.4 Å². The van der Waals surface area contributed by atoms with Crippen LogP contribution in [-0.2, 0) is 0 Å². The predicted molar refractivity (Wildman–Crippen MR) is 53.4 cm³/mol. The van der Waals surface area contributed by atoms with E-state index in [1.807, 2.05) is 39.0 Å². The summed E-state index contributed by atoms with van der Waals surface area (Å²) in [6.45, 7) is 6.07. The molecule has 1 radical (unpaired) electrons. The number of rotatable bonds is 1. The molecule has 2 heteroatoms. The van der Waals surface area contributed by atoms with Crippen molar-refractivity contribution >= 4 is 15.9 Å². The summed E-state index contributed by atoms with van der Waals surface area (Å²) in [7, 11) is 0. The van der Waals surface area contributed by atoms with Gasteiger partial charge in [0.05, 0.1) is 0 Å². The molecule has 0 aromatic heterocycles. The summed E-state index contributed by atoms with van der Waals surface area (Å²) in [5, 5.41) is 0. The third-order valence-electron chi connectivity index (χ3n) is 1.15. The first-order chi connectivity index (χ1) is 5.47. The highest BCUT2D eigenvalue weighted by atomic mass is 79.9. The zero-order chi connectivity index (χ0) is 9.19. The topological polar surface area (TPSA) is 9.23 Å². The minimum Gasteiger partial charge on any atom is -0.488 e. The lowest BCUT2D eigenvalue weighted by molar-refractivity contribution is 0.131. The molecule has 0 saturated heterocycles. The van der Waals surface area contributed by atoms with Crippen LogP contribution in [0.25, 0.3) is 0 Å². The van der Waals surface area contributed by atoms with E-state index in [9.17, 15) is 0 Å². The normalized spacial score (nSPS) is 11.3. The number of hydrogen-bond donors (Lipinski definition) is 0. The monoisotopic (exact) mass is 227 g/mol. The zero-order valence-corrected chi connectivity index (χ0v) is 9.10. The highest BCUT2D eigenvalue weighted by Crippen LogP contribution is 2.21. The number of halogens is 1. The summed E-state index contributed by atoms with van der Waals surface area (Å²) in [6, 6.07) is 8.60. The van der Waals surface area contributed by atoms with Gasteiger partial charge < -0.3 is 4.74 Å². The third-order valence-corrected chi connectivity index (χ3v) is 1.61. The molecule has 65 valence electrons. The second-order valence-electron chi connectivity index (χ2n) is 3.60. The molecular weight excluding hydrogens is 216 g/mol. The molecule has 0 heterocycles. The van der Waals surface area contributed by atoms with Gasteiger partial charge in [-0.1, -0.05) is 15.9 Å². The predicted octanol–water partition coefficient (Wildman–Crippen LogP) is 3.43. The van der Waals surface area contributed by atoms with E-state index in [1.165, 1.54) is 0 Å². The number of benzene rings is 1. The molecule has 1 aromatic rings. The molecule has 0 fully saturated rings. The van der Waals surface area contributed by atoms with Gasteiger partial charge in [-0.2, -0.15) is 0 Å². The van der Waals surface area contributed by atoms with E-state index in [-0.39, 0.29) is 5.60 Å². The van der Waals surface area contributed by atoms with Gasteiger partial charge in [-0.05, 0) is 45.0 Å². The fourth-order valence-corrected chi connectivity index (χ4v) is 1.19. The molecule has 0 aliphatic carbocycles. The molecule has 0 bridgehead atoms. The first-order valence-corrected chi connectivity index (χ1v) is 4.62. The van der Waals surface area contributed by atoms with Crippen LogP contribution in [0.15, 0.2) is 22.7 Å². The van der Waals surface area contributed by atoms with E-state index in [1.54, 1.807) is 0 Å². The highest BCUT2D eigenvalue weighted by Gasteiger charge is 2.11. The van der Waals surface area contributed by atoms with E-state index >= 15 is 0 Å². The average Bonchev–Trinajstić information content (AvgIpc) is 1.82. The van der Waals surface area contributed by atoms with Gasteiger partial charge >= 0.3 is 0 Å². The Kier molecular flexibility index (Phi) is 2.78. The minimum absolute atomic E-state index is 0.144. The van der Waals surface area contributed by atoms with Gasteiger partial charge in [0.15, 0.2) is 0 Å². The Hall–Kier alpha value is -0.500. The van der Waals surface area contributed by atoms with Gasteiger partial charge in [0.2, 0.25) is 0 Å². The molecular formula is C10H12BrO. The molecule has 0 spiro atoms. The number of ether oxygens (including phenoxy) is 1. The smallest absolute Gasteiger partial charge is 0.121 e. The van der Waals surface area contributed by atoms with Gasteiger partial charge in [0.25, 0.3) is 0 Å². The first-order valence-electron chi connectivity index (χ1n) is 3.83.